The number of hydrogen-bond acceptors (Lipinski definition) is 5. The third-order valence-corrected chi connectivity index (χ3v) is 4.47. The van der Waals surface area contributed by atoms with Crippen molar-refractivity contribution in [2.45, 2.75) is 6.54 Å². The van der Waals surface area contributed by atoms with Gasteiger partial charge in [0, 0.05) is 17.7 Å². The molecule has 0 unspecified atom stereocenters. The number of nitrogens with one attached hydrogen (secondary N) is 1. The summed E-state index contributed by atoms with van der Waals surface area (Å²) in [5.41, 5.74) is 0.945. The van der Waals surface area contributed by atoms with Crippen LogP contribution in [0.5, 0.6) is 0 Å². The second-order valence-corrected chi connectivity index (χ2v) is 6.06. The van der Waals surface area contributed by atoms with Crippen LogP contribution in [0.1, 0.15) is 5.56 Å². The number of piperazine rings is 1. The Morgan fingerprint density at radius 3 is 1.96 bits per heavy atom. The first-order valence-electron chi connectivity index (χ1n) is 8.10. The Labute approximate surface area is 144 Å². The summed E-state index contributed by atoms with van der Waals surface area (Å²) in [4.78, 5) is 24.6. The molecule has 1 aliphatic heterocycles. The van der Waals surface area contributed by atoms with E-state index < -0.39 is 9.85 Å². The van der Waals surface area contributed by atoms with E-state index in [0.717, 1.165) is 19.6 Å². The smallest absolute Gasteiger partial charge is 0.299 e. The lowest BCUT2D eigenvalue weighted by Gasteiger charge is -2.33. The number of nitro benzene ring substituents is 2. The molecule has 8 nitrogen and oxygen atoms in total. The molecule has 1 aliphatic rings. The largest absolute Gasteiger partial charge is 0.349 e. The van der Waals surface area contributed by atoms with Crippen molar-refractivity contribution < 1.29 is 14.7 Å². The van der Waals surface area contributed by atoms with E-state index in [1.54, 1.807) is 4.90 Å². The van der Waals surface area contributed by atoms with Crippen molar-refractivity contribution in [1.82, 2.24) is 0 Å². The van der Waals surface area contributed by atoms with Gasteiger partial charge in [-0.3, -0.25) is 20.2 Å². The lowest BCUT2D eigenvalue weighted by molar-refractivity contribution is -0.914. The van der Waals surface area contributed by atoms with Crippen LogP contribution in [0.4, 0.5) is 17.1 Å². The molecule has 0 radical (unpaired) electrons. The van der Waals surface area contributed by atoms with Crippen LogP contribution in [0.3, 0.4) is 0 Å². The highest BCUT2D eigenvalue weighted by Crippen LogP contribution is 2.37. The van der Waals surface area contributed by atoms with E-state index in [-0.39, 0.29) is 17.1 Å². The van der Waals surface area contributed by atoms with E-state index in [4.69, 9.17) is 0 Å². The molecule has 2 aromatic carbocycles. The van der Waals surface area contributed by atoms with Gasteiger partial charge < -0.3 is 9.80 Å². The molecule has 1 fully saturated rings. The fourth-order valence-electron chi connectivity index (χ4n) is 3.25. The van der Waals surface area contributed by atoms with Gasteiger partial charge >= 0.3 is 0 Å². The van der Waals surface area contributed by atoms with Crippen molar-refractivity contribution >= 4 is 17.1 Å². The summed E-state index contributed by atoms with van der Waals surface area (Å²) in [7, 11) is 0. The molecule has 1 saturated heterocycles. The Kier molecular flexibility index (Phi) is 4.90. The van der Waals surface area contributed by atoms with Crippen molar-refractivity contribution in [3.05, 3.63) is 74.3 Å². The van der Waals surface area contributed by atoms with Crippen LogP contribution in [0.25, 0.3) is 0 Å². The van der Waals surface area contributed by atoms with Crippen molar-refractivity contribution in [1.29, 1.82) is 0 Å². The first-order valence-corrected chi connectivity index (χ1v) is 8.10. The van der Waals surface area contributed by atoms with Gasteiger partial charge in [-0.1, -0.05) is 30.3 Å². The molecule has 0 aliphatic carbocycles. The highest BCUT2D eigenvalue weighted by Gasteiger charge is 2.32. The summed E-state index contributed by atoms with van der Waals surface area (Å²) >= 11 is 0. The van der Waals surface area contributed by atoms with Gasteiger partial charge in [0.25, 0.3) is 11.4 Å². The molecular formula is C17H19N4O4+. The molecule has 0 bridgehead atoms. The molecule has 2 aromatic rings. The fraction of sp³-hybridized carbons (Fsp3) is 0.294. The summed E-state index contributed by atoms with van der Waals surface area (Å²) in [6, 6.07) is 14.1. The van der Waals surface area contributed by atoms with Crippen LogP contribution in [0, 0.1) is 20.2 Å². The molecule has 0 aromatic heterocycles. The van der Waals surface area contributed by atoms with Gasteiger partial charge in [0.2, 0.25) is 0 Å². The first-order chi connectivity index (χ1) is 12.1. The summed E-state index contributed by atoms with van der Waals surface area (Å²) in [6.07, 6.45) is 0. The average Bonchev–Trinajstić information content (AvgIpc) is 2.62. The zero-order chi connectivity index (χ0) is 17.8. The van der Waals surface area contributed by atoms with E-state index in [9.17, 15) is 20.2 Å². The lowest BCUT2D eigenvalue weighted by Crippen LogP contribution is -3.13. The topological polar surface area (TPSA) is 94.0 Å². The highest BCUT2D eigenvalue weighted by atomic mass is 16.6. The maximum absolute atomic E-state index is 11.3. The number of nitro groups is 2. The number of benzene rings is 2. The maximum Gasteiger partial charge on any atom is 0.299 e. The Morgan fingerprint density at radius 2 is 1.44 bits per heavy atom. The predicted octanol–water partition coefficient (Wildman–Crippen LogP) is 1.41. The molecule has 8 heteroatoms. The molecule has 0 atom stereocenters. The van der Waals surface area contributed by atoms with Gasteiger partial charge in [0.15, 0.2) is 5.69 Å². The molecule has 3 rings (SSSR count). The van der Waals surface area contributed by atoms with Crippen LogP contribution in [0.2, 0.25) is 0 Å². The third kappa shape index (κ3) is 3.74. The van der Waals surface area contributed by atoms with Gasteiger partial charge in [0.05, 0.1) is 36.0 Å². The number of nitrogens with zero attached hydrogens (tertiary/aromatic N) is 3. The molecule has 1 N–H and O–H groups in total. The number of para-hydroxylation sites is 1. The highest BCUT2D eigenvalue weighted by molar-refractivity contribution is 5.75. The van der Waals surface area contributed by atoms with Crippen molar-refractivity contribution in [3.63, 3.8) is 0 Å². The Bertz CT molecular complexity index is 741. The van der Waals surface area contributed by atoms with E-state index in [0.29, 0.717) is 13.1 Å². The lowest BCUT2D eigenvalue weighted by atomic mass is 10.1. The van der Waals surface area contributed by atoms with Crippen molar-refractivity contribution in [2.75, 3.05) is 31.1 Å². The van der Waals surface area contributed by atoms with Crippen molar-refractivity contribution in [2.24, 2.45) is 0 Å². The summed E-state index contributed by atoms with van der Waals surface area (Å²) in [5, 5.41) is 22.6. The quantitative estimate of drug-likeness (QED) is 0.654. The predicted molar refractivity (Wildman–Crippen MR) is 92.8 cm³/mol. The number of rotatable bonds is 5. The van der Waals surface area contributed by atoms with Gasteiger partial charge in [-0.05, 0) is 6.07 Å². The fourth-order valence-corrected chi connectivity index (χ4v) is 3.25. The molecule has 25 heavy (non-hydrogen) atoms. The summed E-state index contributed by atoms with van der Waals surface area (Å²) in [5.74, 6) is 0. The van der Waals surface area contributed by atoms with E-state index in [2.05, 4.69) is 12.1 Å². The Morgan fingerprint density at radius 1 is 0.880 bits per heavy atom. The van der Waals surface area contributed by atoms with Crippen LogP contribution in [-0.2, 0) is 6.54 Å². The number of anilines is 1. The normalized spacial score (nSPS) is 15.1. The van der Waals surface area contributed by atoms with E-state index >= 15 is 0 Å². The minimum Gasteiger partial charge on any atom is -0.349 e. The molecule has 0 saturated carbocycles. The average molecular weight is 343 g/mol. The van der Waals surface area contributed by atoms with Crippen LogP contribution >= 0.6 is 0 Å². The van der Waals surface area contributed by atoms with Crippen molar-refractivity contribution in [3.8, 4) is 0 Å². The van der Waals surface area contributed by atoms with Crippen LogP contribution in [-0.4, -0.2) is 36.0 Å². The minimum absolute atomic E-state index is 0.122. The first kappa shape index (κ1) is 16.8. The molecule has 0 spiro atoms. The third-order valence-electron chi connectivity index (χ3n) is 4.47. The van der Waals surface area contributed by atoms with Crippen LogP contribution in [0.15, 0.2) is 48.5 Å². The minimum atomic E-state index is -0.550. The van der Waals surface area contributed by atoms with E-state index in [1.165, 1.54) is 28.7 Å². The second-order valence-electron chi connectivity index (χ2n) is 6.06. The summed E-state index contributed by atoms with van der Waals surface area (Å²) in [6.45, 7) is 3.53. The molecular weight excluding hydrogens is 324 g/mol. The number of hydrogen-bond donors (Lipinski definition) is 1. The number of quaternary nitrogens is 1. The van der Waals surface area contributed by atoms with Gasteiger partial charge in [-0.15, -0.1) is 0 Å². The molecule has 1 heterocycles. The molecule has 0 amide bonds. The Balaban J connectivity index is 1.76. The zero-order valence-corrected chi connectivity index (χ0v) is 13.6. The van der Waals surface area contributed by atoms with Gasteiger partial charge in [-0.2, -0.15) is 0 Å². The van der Waals surface area contributed by atoms with Crippen LogP contribution < -0.4 is 9.80 Å². The second kappa shape index (κ2) is 7.27. The maximum atomic E-state index is 11.3. The molecule has 130 valence electrons. The SMILES string of the molecule is O=[N+]([O-])c1cccc([N+](=O)[O-])c1N1CC[NH+](Cc2ccccc2)CC1. The monoisotopic (exact) mass is 343 g/mol. The van der Waals surface area contributed by atoms with Gasteiger partial charge in [-0.25, -0.2) is 0 Å². The van der Waals surface area contributed by atoms with Gasteiger partial charge in [0.1, 0.15) is 6.54 Å². The standard InChI is InChI=1S/C17H18N4O4/c22-20(23)15-7-4-8-16(21(24)25)17(15)19-11-9-18(10-12-19)13-14-5-2-1-3-6-14/h1-8H,9-13H2/p+1. The zero-order valence-electron chi connectivity index (χ0n) is 13.6. The summed E-state index contributed by atoms with van der Waals surface area (Å²) < 4.78 is 0. The van der Waals surface area contributed by atoms with E-state index in [1.807, 2.05) is 18.2 Å². The Hall–Kier alpha value is -3.00.